The lowest BCUT2D eigenvalue weighted by atomic mass is 10.1. The summed E-state index contributed by atoms with van der Waals surface area (Å²) >= 11 is 7.21. The number of carbonyl (C=O) groups excluding carboxylic acids is 2. The predicted molar refractivity (Wildman–Crippen MR) is 120 cm³/mol. The lowest BCUT2D eigenvalue weighted by Gasteiger charge is -2.40. The Labute approximate surface area is 188 Å². The summed E-state index contributed by atoms with van der Waals surface area (Å²) in [5.74, 6) is 0.156. The molecule has 0 aliphatic carbocycles. The molecule has 3 aromatic rings. The number of thiophene rings is 1. The van der Waals surface area contributed by atoms with Crippen LogP contribution in [-0.2, 0) is 16.1 Å². The van der Waals surface area contributed by atoms with Crippen LogP contribution in [0.3, 0.4) is 0 Å². The van der Waals surface area contributed by atoms with Crippen LogP contribution in [0.2, 0.25) is 5.02 Å². The number of carbonyl (C=O) groups is 2. The average Bonchev–Trinajstić information content (AvgIpc) is 3.18. The molecule has 10 heteroatoms. The number of nitrogens with two attached hydrogens (primary N) is 1. The van der Waals surface area contributed by atoms with Crippen LogP contribution >= 0.6 is 22.9 Å². The van der Waals surface area contributed by atoms with E-state index in [4.69, 9.17) is 22.1 Å². The highest BCUT2D eigenvalue weighted by molar-refractivity contribution is 7.12. The van der Waals surface area contributed by atoms with E-state index >= 15 is 0 Å². The van der Waals surface area contributed by atoms with Gasteiger partial charge in [0, 0.05) is 36.5 Å². The summed E-state index contributed by atoms with van der Waals surface area (Å²) < 4.78 is 5.54. The minimum atomic E-state index is -0.504. The lowest BCUT2D eigenvalue weighted by Crippen LogP contribution is -2.59. The first kappa shape index (κ1) is 21.3. The zero-order valence-electron chi connectivity index (χ0n) is 17.0. The largest absolute Gasteiger partial charge is 0.474 e. The number of benzene rings is 1. The van der Waals surface area contributed by atoms with Crippen LogP contribution in [0.1, 0.15) is 18.9 Å². The molecule has 2 N–H and O–H groups in total. The van der Waals surface area contributed by atoms with Gasteiger partial charge in [-0.25, -0.2) is 9.97 Å². The molecule has 3 heterocycles. The molecule has 8 nitrogen and oxygen atoms in total. The normalized spacial score (nSPS) is 16.7. The molecular formula is C21H22ClN5O3S. The van der Waals surface area contributed by atoms with Crippen LogP contribution in [0.25, 0.3) is 10.9 Å². The van der Waals surface area contributed by atoms with Gasteiger partial charge in [-0.3, -0.25) is 9.59 Å². The fourth-order valence-electron chi connectivity index (χ4n) is 3.72. The summed E-state index contributed by atoms with van der Waals surface area (Å²) in [5, 5.41) is 3.68. The molecule has 1 atom stereocenters. The van der Waals surface area contributed by atoms with Crippen LogP contribution in [0.5, 0.6) is 5.06 Å². The lowest BCUT2D eigenvalue weighted by molar-refractivity contribution is -0.153. The van der Waals surface area contributed by atoms with E-state index in [0.29, 0.717) is 42.0 Å². The molecular weight excluding hydrogens is 438 g/mol. The molecule has 1 aliphatic rings. The molecule has 2 amide bonds. The fourth-order valence-corrected chi connectivity index (χ4v) is 4.63. The highest BCUT2D eigenvalue weighted by atomic mass is 35.5. The number of nitrogen functional groups attached to an aromatic ring is 1. The zero-order chi connectivity index (χ0) is 22.0. The number of amides is 2. The zero-order valence-corrected chi connectivity index (χ0v) is 18.5. The van der Waals surface area contributed by atoms with Gasteiger partial charge in [0.15, 0.2) is 11.7 Å². The number of hydrogen-bond acceptors (Lipinski definition) is 7. The number of nitrogens with zero attached hydrogens (tertiary/aromatic N) is 4. The summed E-state index contributed by atoms with van der Waals surface area (Å²) in [6.45, 7) is 3.14. The minimum absolute atomic E-state index is 0.0661. The van der Waals surface area contributed by atoms with Gasteiger partial charge in [0.2, 0.25) is 5.91 Å². The van der Waals surface area contributed by atoms with Crippen molar-refractivity contribution < 1.29 is 14.3 Å². The second-order valence-corrected chi connectivity index (χ2v) is 8.56. The second kappa shape index (κ2) is 9.07. The van der Waals surface area contributed by atoms with Gasteiger partial charge in [0.1, 0.15) is 18.2 Å². The predicted octanol–water partition coefficient (Wildman–Crippen LogP) is 2.96. The fraction of sp³-hybridized carbons (Fsp3) is 0.333. The van der Waals surface area contributed by atoms with E-state index in [1.807, 2.05) is 25.1 Å². The molecule has 1 fully saturated rings. The summed E-state index contributed by atoms with van der Waals surface area (Å²) in [6, 6.07) is 6.88. The first-order valence-corrected chi connectivity index (χ1v) is 11.2. The van der Waals surface area contributed by atoms with Crippen molar-refractivity contribution in [3.63, 3.8) is 0 Å². The molecule has 31 heavy (non-hydrogen) atoms. The Morgan fingerprint density at radius 3 is 2.90 bits per heavy atom. The minimum Gasteiger partial charge on any atom is -0.474 e. The van der Waals surface area contributed by atoms with Crippen molar-refractivity contribution in [1.29, 1.82) is 0 Å². The quantitative estimate of drug-likeness (QED) is 0.608. The highest BCUT2D eigenvalue weighted by Crippen LogP contribution is 2.27. The third-order valence-electron chi connectivity index (χ3n) is 5.28. The molecule has 0 bridgehead atoms. The molecule has 0 radical (unpaired) electrons. The molecule has 2 aromatic heterocycles. The van der Waals surface area contributed by atoms with Gasteiger partial charge in [-0.15, -0.1) is 11.3 Å². The van der Waals surface area contributed by atoms with Gasteiger partial charge < -0.3 is 20.3 Å². The summed E-state index contributed by atoms with van der Waals surface area (Å²) in [7, 11) is 0. The average molecular weight is 460 g/mol. The Morgan fingerprint density at radius 2 is 2.16 bits per heavy atom. The van der Waals surface area contributed by atoms with Crippen LogP contribution in [0.4, 0.5) is 5.82 Å². The number of fused-ring (bicyclic) bond motifs is 1. The van der Waals surface area contributed by atoms with E-state index in [1.54, 1.807) is 21.2 Å². The van der Waals surface area contributed by atoms with Crippen LogP contribution in [-0.4, -0.2) is 57.3 Å². The van der Waals surface area contributed by atoms with Crippen molar-refractivity contribution in [2.24, 2.45) is 0 Å². The van der Waals surface area contributed by atoms with Crippen molar-refractivity contribution in [3.05, 3.63) is 46.6 Å². The number of anilines is 1. The van der Waals surface area contributed by atoms with Crippen LogP contribution in [0.15, 0.2) is 36.0 Å². The maximum Gasteiger partial charge on any atom is 0.261 e. The Morgan fingerprint density at radius 1 is 1.32 bits per heavy atom. The smallest absolute Gasteiger partial charge is 0.261 e. The number of piperazine rings is 1. The van der Waals surface area contributed by atoms with E-state index in [2.05, 4.69) is 9.97 Å². The van der Waals surface area contributed by atoms with Gasteiger partial charge >= 0.3 is 0 Å². The number of rotatable bonds is 6. The number of hydrogen-bond donors (Lipinski definition) is 1. The van der Waals surface area contributed by atoms with Gasteiger partial charge in [0.05, 0.1) is 10.5 Å². The molecule has 4 rings (SSSR count). The van der Waals surface area contributed by atoms with Gasteiger partial charge in [-0.05, 0) is 24.1 Å². The molecule has 1 saturated heterocycles. The number of halogens is 1. The van der Waals surface area contributed by atoms with Crippen molar-refractivity contribution in [3.8, 4) is 5.06 Å². The monoisotopic (exact) mass is 459 g/mol. The van der Waals surface area contributed by atoms with Crippen LogP contribution in [0, 0.1) is 0 Å². The van der Waals surface area contributed by atoms with Crippen molar-refractivity contribution in [2.75, 3.05) is 25.4 Å². The maximum absolute atomic E-state index is 13.1. The third-order valence-corrected chi connectivity index (χ3v) is 6.46. The summed E-state index contributed by atoms with van der Waals surface area (Å²) in [4.78, 5) is 37.5. The molecule has 1 unspecified atom stereocenters. The van der Waals surface area contributed by atoms with Crippen molar-refractivity contribution >= 4 is 51.5 Å². The summed E-state index contributed by atoms with van der Waals surface area (Å²) in [5.41, 5.74) is 7.58. The topological polar surface area (TPSA) is 102 Å². The van der Waals surface area contributed by atoms with Gasteiger partial charge in [-0.2, -0.15) is 0 Å². The van der Waals surface area contributed by atoms with Crippen LogP contribution < -0.4 is 10.5 Å². The molecule has 1 aliphatic heterocycles. The Balaban J connectivity index is 1.42. The Kier molecular flexibility index (Phi) is 6.24. The van der Waals surface area contributed by atoms with E-state index < -0.39 is 6.04 Å². The Hall–Kier alpha value is -2.91. The third kappa shape index (κ3) is 4.57. The number of aromatic nitrogens is 2. The first-order chi connectivity index (χ1) is 15.0. The number of ether oxygens (including phenoxy) is 1. The molecule has 162 valence electrons. The van der Waals surface area contributed by atoms with E-state index in [9.17, 15) is 9.59 Å². The van der Waals surface area contributed by atoms with E-state index in [1.165, 1.54) is 17.7 Å². The van der Waals surface area contributed by atoms with E-state index in [-0.39, 0.29) is 18.4 Å². The van der Waals surface area contributed by atoms with Gasteiger partial charge in [-0.1, -0.05) is 24.6 Å². The SMILES string of the molecule is CCC1C(=O)N(Cc2ccc3c(N)ncnc3c2)CCN1C(=O)COc1cc(Cl)cs1. The molecule has 1 aromatic carbocycles. The second-order valence-electron chi connectivity index (χ2n) is 7.25. The van der Waals surface area contributed by atoms with E-state index in [0.717, 1.165) is 16.5 Å². The molecule has 0 saturated carbocycles. The standard InChI is InChI=1S/C21H22ClN5O3S/c1-2-17-21(29)26(9-13-3-4-15-16(7-13)24-12-25-20(15)23)5-6-27(17)18(28)10-30-19-8-14(22)11-31-19/h3-4,7-8,11-12,17H,2,5-6,9-10H2,1H3,(H2,23,24,25). The highest BCUT2D eigenvalue weighted by Gasteiger charge is 2.36. The van der Waals surface area contributed by atoms with Crippen molar-refractivity contribution in [2.45, 2.75) is 25.9 Å². The summed E-state index contributed by atoms with van der Waals surface area (Å²) in [6.07, 6.45) is 1.96. The first-order valence-electron chi connectivity index (χ1n) is 9.90. The molecule has 0 spiro atoms. The maximum atomic E-state index is 13.1. The van der Waals surface area contributed by atoms with Gasteiger partial charge in [0.25, 0.3) is 5.91 Å². The Bertz CT molecular complexity index is 1120. The van der Waals surface area contributed by atoms with Crippen molar-refractivity contribution in [1.82, 2.24) is 19.8 Å².